The van der Waals surface area contributed by atoms with Crippen molar-refractivity contribution in [2.75, 3.05) is 14.1 Å². The highest BCUT2D eigenvalue weighted by Crippen LogP contribution is 2.31. The van der Waals surface area contributed by atoms with Crippen LogP contribution in [0.2, 0.25) is 0 Å². The molecule has 2 aromatic carbocycles. The Labute approximate surface area is 159 Å². The van der Waals surface area contributed by atoms with Crippen molar-refractivity contribution in [2.24, 2.45) is 5.16 Å². The summed E-state index contributed by atoms with van der Waals surface area (Å²) in [4.78, 5) is 19.2. The largest absolute Gasteiger partial charge is 0.356 e. The van der Waals surface area contributed by atoms with Crippen molar-refractivity contribution in [3.63, 3.8) is 0 Å². The number of benzene rings is 2. The average molecular weight is 361 g/mol. The summed E-state index contributed by atoms with van der Waals surface area (Å²) in [5.41, 5.74) is 3.21. The van der Waals surface area contributed by atoms with Gasteiger partial charge in [-0.15, -0.1) is 0 Å². The van der Waals surface area contributed by atoms with Crippen molar-refractivity contribution in [1.29, 1.82) is 5.26 Å². The van der Waals surface area contributed by atoms with Crippen LogP contribution in [0.25, 0.3) is 0 Å². The standard InChI is InChI=1S/C22H23N3O2/c1-25(2)22(26)18-8-9-19(15-23)21(14-18)27-24-20-12-10-17(11-13-20)16-6-4-3-5-7-16/h3-9,14,17H,10-13H2,1-2H3. The molecular weight excluding hydrogens is 338 g/mol. The molecule has 5 heteroatoms. The Morgan fingerprint density at radius 2 is 1.85 bits per heavy atom. The number of hydrogen-bond donors (Lipinski definition) is 0. The van der Waals surface area contributed by atoms with Gasteiger partial charge in [-0.3, -0.25) is 4.79 Å². The fourth-order valence-electron chi connectivity index (χ4n) is 3.30. The highest BCUT2D eigenvalue weighted by Gasteiger charge is 2.20. The maximum absolute atomic E-state index is 12.1. The van der Waals surface area contributed by atoms with Crippen LogP contribution in [0.4, 0.5) is 0 Å². The van der Waals surface area contributed by atoms with Crippen LogP contribution in [0, 0.1) is 11.3 Å². The molecule has 2 aromatic rings. The Hall–Kier alpha value is -3.13. The number of rotatable bonds is 4. The predicted octanol–water partition coefficient (Wildman–Crippen LogP) is 4.35. The summed E-state index contributed by atoms with van der Waals surface area (Å²) in [7, 11) is 3.37. The topological polar surface area (TPSA) is 65.7 Å². The SMILES string of the molecule is CN(C)C(=O)c1ccc(C#N)c(ON=C2CCC(c3ccccc3)CC2)c1. The summed E-state index contributed by atoms with van der Waals surface area (Å²) in [5.74, 6) is 0.740. The first-order valence-corrected chi connectivity index (χ1v) is 9.12. The zero-order chi connectivity index (χ0) is 19.2. The van der Waals surface area contributed by atoms with Crippen LogP contribution in [0.15, 0.2) is 53.7 Å². The van der Waals surface area contributed by atoms with E-state index in [1.165, 1.54) is 10.5 Å². The zero-order valence-electron chi connectivity index (χ0n) is 15.7. The summed E-state index contributed by atoms with van der Waals surface area (Å²) < 4.78 is 0. The summed E-state index contributed by atoms with van der Waals surface area (Å²) in [6.07, 6.45) is 3.82. The van der Waals surface area contributed by atoms with Crippen molar-refractivity contribution in [1.82, 2.24) is 4.90 Å². The Kier molecular flexibility index (Phi) is 5.87. The van der Waals surface area contributed by atoms with E-state index in [0.717, 1.165) is 31.4 Å². The van der Waals surface area contributed by atoms with Crippen molar-refractivity contribution in [3.8, 4) is 11.8 Å². The maximum Gasteiger partial charge on any atom is 0.253 e. The molecule has 0 aliphatic heterocycles. The molecule has 27 heavy (non-hydrogen) atoms. The van der Waals surface area contributed by atoms with Crippen LogP contribution in [0.3, 0.4) is 0 Å². The van der Waals surface area contributed by atoms with Gasteiger partial charge in [-0.25, -0.2) is 0 Å². The molecule has 0 unspecified atom stereocenters. The number of carbonyl (C=O) groups is 1. The van der Waals surface area contributed by atoms with Crippen molar-refractivity contribution in [3.05, 3.63) is 65.2 Å². The zero-order valence-corrected chi connectivity index (χ0v) is 15.7. The third-order valence-electron chi connectivity index (χ3n) is 4.86. The third kappa shape index (κ3) is 4.53. The quantitative estimate of drug-likeness (QED) is 0.760. The molecule has 1 aliphatic carbocycles. The van der Waals surface area contributed by atoms with Crippen molar-refractivity contribution >= 4 is 11.6 Å². The molecule has 138 valence electrons. The summed E-state index contributed by atoms with van der Waals surface area (Å²) in [5, 5.41) is 13.6. The number of oxime groups is 1. The van der Waals surface area contributed by atoms with Gasteiger partial charge in [0.15, 0.2) is 5.75 Å². The van der Waals surface area contributed by atoms with Crippen molar-refractivity contribution < 1.29 is 9.63 Å². The van der Waals surface area contributed by atoms with E-state index in [4.69, 9.17) is 4.84 Å². The second kappa shape index (κ2) is 8.50. The summed E-state index contributed by atoms with van der Waals surface area (Å²) >= 11 is 0. The van der Waals surface area contributed by atoms with Crippen LogP contribution in [-0.4, -0.2) is 30.6 Å². The fourth-order valence-corrected chi connectivity index (χ4v) is 3.30. The molecule has 0 heterocycles. The first-order valence-electron chi connectivity index (χ1n) is 9.12. The lowest BCUT2D eigenvalue weighted by Gasteiger charge is -2.23. The number of carbonyl (C=O) groups excluding carboxylic acids is 1. The van der Waals surface area contributed by atoms with Crippen LogP contribution in [0.5, 0.6) is 5.75 Å². The molecule has 1 amide bonds. The molecule has 1 aliphatic rings. The first-order chi connectivity index (χ1) is 13.1. The molecule has 0 spiro atoms. The second-order valence-electron chi connectivity index (χ2n) is 6.96. The van der Waals surface area contributed by atoms with E-state index in [9.17, 15) is 10.1 Å². The lowest BCUT2D eigenvalue weighted by atomic mass is 9.83. The van der Waals surface area contributed by atoms with Crippen molar-refractivity contribution in [2.45, 2.75) is 31.6 Å². The van der Waals surface area contributed by atoms with Crippen LogP contribution >= 0.6 is 0 Å². The summed E-state index contributed by atoms with van der Waals surface area (Å²) in [6.45, 7) is 0. The molecule has 0 atom stereocenters. The van der Waals surface area contributed by atoms with E-state index in [1.807, 2.05) is 6.07 Å². The number of hydrogen-bond acceptors (Lipinski definition) is 4. The average Bonchev–Trinajstić information content (AvgIpc) is 2.72. The molecule has 0 bridgehead atoms. The Balaban J connectivity index is 1.68. The molecule has 1 fully saturated rings. The molecule has 1 saturated carbocycles. The molecular formula is C22H23N3O2. The van der Waals surface area contributed by atoms with Gasteiger partial charge in [0.1, 0.15) is 6.07 Å². The van der Waals surface area contributed by atoms with E-state index in [0.29, 0.717) is 22.8 Å². The minimum absolute atomic E-state index is 0.139. The van der Waals surface area contributed by atoms with E-state index < -0.39 is 0 Å². The maximum atomic E-state index is 12.1. The van der Waals surface area contributed by atoms with Gasteiger partial charge in [-0.1, -0.05) is 35.5 Å². The highest BCUT2D eigenvalue weighted by molar-refractivity contribution is 5.94. The lowest BCUT2D eigenvalue weighted by molar-refractivity contribution is 0.0827. The van der Waals surface area contributed by atoms with Gasteiger partial charge in [-0.2, -0.15) is 5.26 Å². The van der Waals surface area contributed by atoms with Crippen LogP contribution < -0.4 is 4.84 Å². The number of nitriles is 1. The van der Waals surface area contributed by atoms with Gasteiger partial charge in [-0.05, 0) is 55.4 Å². The van der Waals surface area contributed by atoms with Gasteiger partial charge in [0.25, 0.3) is 5.91 Å². The molecule has 3 rings (SSSR count). The minimum Gasteiger partial charge on any atom is -0.356 e. The molecule has 0 aromatic heterocycles. The fraction of sp³-hybridized carbons (Fsp3) is 0.318. The monoisotopic (exact) mass is 361 g/mol. The highest BCUT2D eigenvalue weighted by atomic mass is 16.6. The van der Waals surface area contributed by atoms with E-state index >= 15 is 0 Å². The Morgan fingerprint density at radius 1 is 1.15 bits per heavy atom. The van der Waals surface area contributed by atoms with E-state index in [2.05, 4.69) is 35.5 Å². The van der Waals surface area contributed by atoms with Gasteiger partial charge in [0, 0.05) is 19.7 Å². The molecule has 0 saturated heterocycles. The molecule has 0 N–H and O–H groups in total. The van der Waals surface area contributed by atoms with Gasteiger partial charge < -0.3 is 9.74 Å². The van der Waals surface area contributed by atoms with Gasteiger partial charge in [0.05, 0.1) is 11.3 Å². The Bertz CT molecular complexity index is 872. The minimum atomic E-state index is -0.139. The first kappa shape index (κ1) is 18.7. The third-order valence-corrected chi connectivity index (χ3v) is 4.86. The molecule has 0 radical (unpaired) electrons. The smallest absolute Gasteiger partial charge is 0.253 e. The van der Waals surface area contributed by atoms with Gasteiger partial charge >= 0.3 is 0 Å². The van der Waals surface area contributed by atoms with Crippen LogP contribution in [-0.2, 0) is 0 Å². The normalized spacial score (nSPS) is 16.3. The number of nitrogens with zero attached hydrogens (tertiary/aromatic N) is 3. The predicted molar refractivity (Wildman–Crippen MR) is 105 cm³/mol. The van der Waals surface area contributed by atoms with Crippen LogP contribution in [0.1, 0.15) is 53.1 Å². The van der Waals surface area contributed by atoms with Gasteiger partial charge in [0.2, 0.25) is 0 Å². The number of amides is 1. The molecule has 5 nitrogen and oxygen atoms in total. The lowest BCUT2D eigenvalue weighted by Crippen LogP contribution is -2.21. The van der Waals surface area contributed by atoms with E-state index in [-0.39, 0.29) is 5.91 Å². The van der Waals surface area contributed by atoms with E-state index in [1.54, 1.807) is 32.3 Å². The summed E-state index contributed by atoms with van der Waals surface area (Å²) in [6, 6.07) is 17.4. The Morgan fingerprint density at radius 3 is 2.48 bits per heavy atom. The second-order valence-corrected chi connectivity index (χ2v) is 6.96.